The van der Waals surface area contributed by atoms with Gasteiger partial charge in [0.25, 0.3) is 0 Å². The Bertz CT molecular complexity index is 316. The molecule has 2 heteroatoms. The number of rotatable bonds is 5. The molecule has 0 radical (unpaired) electrons. The van der Waals surface area contributed by atoms with Crippen molar-refractivity contribution in [2.24, 2.45) is 0 Å². The van der Waals surface area contributed by atoms with Crippen molar-refractivity contribution in [2.45, 2.75) is 26.3 Å². The highest BCUT2D eigenvalue weighted by Gasteiger charge is 2.09. The molecule has 82 valence electrons. The smallest absolute Gasteiger partial charge is 0.0357 e. The molecule has 0 saturated heterocycles. The maximum Gasteiger partial charge on any atom is 0.0357 e. The highest BCUT2D eigenvalue weighted by atomic mass is 79.9. The summed E-state index contributed by atoms with van der Waals surface area (Å²) in [5.41, 5.74) is 2.53. The van der Waals surface area contributed by atoms with E-state index in [1.165, 1.54) is 11.1 Å². The minimum absolute atomic E-state index is 0.389. The predicted molar refractivity (Wildman–Crippen MR) is 70.0 cm³/mol. The topological polar surface area (TPSA) is 12.0 Å². The molecule has 0 fully saturated rings. The van der Waals surface area contributed by atoms with Crippen molar-refractivity contribution in [3.63, 3.8) is 0 Å². The van der Waals surface area contributed by atoms with Gasteiger partial charge in [0.05, 0.1) is 0 Å². The van der Waals surface area contributed by atoms with Crippen LogP contribution in [0.15, 0.2) is 40.9 Å². The largest absolute Gasteiger partial charge is 0.310 e. The van der Waals surface area contributed by atoms with Crippen LogP contribution in [-0.4, -0.2) is 6.54 Å². The lowest BCUT2D eigenvalue weighted by molar-refractivity contribution is 0.548. The Morgan fingerprint density at radius 3 is 2.47 bits per heavy atom. The fourth-order valence-corrected chi connectivity index (χ4v) is 1.86. The standard InChI is InChI=1S/C13H18BrN/c1-4-15-13(9-10(2)3)11-5-7-12(14)8-6-11/h5-8,13,15H,2,4,9H2,1,3H3. The molecule has 1 nitrogen and oxygen atoms in total. The zero-order chi connectivity index (χ0) is 11.3. The number of hydrogen-bond acceptors (Lipinski definition) is 1. The van der Waals surface area contributed by atoms with Crippen LogP contribution < -0.4 is 5.32 Å². The summed E-state index contributed by atoms with van der Waals surface area (Å²) in [4.78, 5) is 0. The van der Waals surface area contributed by atoms with Crippen molar-refractivity contribution in [1.82, 2.24) is 5.32 Å². The molecule has 0 spiro atoms. The first-order valence-corrected chi connectivity index (χ1v) is 6.06. The summed E-state index contributed by atoms with van der Waals surface area (Å²) >= 11 is 3.45. The fraction of sp³-hybridized carbons (Fsp3) is 0.385. The lowest BCUT2D eigenvalue weighted by Gasteiger charge is -2.18. The molecule has 15 heavy (non-hydrogen) atoms. The van der Waals surface area contributed by atoms with Crippen LogP contribution in [0, 0.1) is 0 Å². The Morgan fingerprint density at radius 1 is 1.40 bits per heavy atom. The van der Waals surface area contributed by atoms with Crippen molar-refractivity contribution in [3.05, 3.63) is 46.5 Å². The monoisotopic (exact) mass is 267 g/mol. The minimum Gasteiger partial charge on any atom is -0.310 e. The maximum atomic E-state index is 3.97. The zero-order valence-corrected chi connectivity index (χ0v) is 11.0. The molecule has 1 atom stereocenters. The van der Waals surface area contributed by atoms with E-state index >= 15 is 0 Å². The van der Waals surface area contributed by atoms with Gasteiger partial charge >= 0.3 is 0 Å². The zero-order valence-electron chi connectivity index (χ0n) is 9.39. The molecule has 0 aliphatic rings. The Morgan fingerprint density at radius 2 is 2.00 bits per heavy atom. The average molecular weight is 268 g/mol. The molecule has 1 aromatic carbocycles. The lowest BCUT2D eigenvalue weighted by Crippen LogP contribution is -2.20. The highest BCUT2D eigenvalue weighted by molar-refractivity contribution is 9.10. The van der Waals surface area contributed by atoms with Gasteiger partial charge in [-0.1, -0.05) is 40.6 Å². The molecule has 0 aliphatic heterocycles. The first kappa shape index (κ1) is 12.5. The second-order valence-electron chi connectivity index (χ2n) is 3.82. The summed E-state index contributed by atoms with van der Waals surface area (Å²) in [6.45, 7) is 9.15. The molecule has 0 saturated carbocycles. The van der Waals surface area contributed by atoms with Crippen LogP contribution in [0.5, 0.6) is 0 Å². The van der Waals surface area contributed by atoms with E-state index in [1.807, 2.05) is 0 Å². The average Bonchev–Trinajstić information content (AvgIpc) is 2.17. The summed E-state index contributed by atoms with van der Waals surface area (Å²) < 4.78 is 1.12. The lowest BCUT2D eigenvalue weighted by atomic mass is 10.0. The third-order valence-corrected chi connectivity index (χ3v) is 2.80. The Balaban J connectivity index is 2.78. The Kier molecular flexibility index (Phi) is 5.06. The van der Waals surface area contributed by atoms with Gasteiger partial charge in [0.15, 0.2) is 0 Å². The van der Waals surface area contributed by atoms with Crippen LogP contribution in [0.1, 0.15) is 31.9 Å². The molecular formula is C13H18BrN. The van der Waals surface area contributed by atoms with Gasteiger partial charge in [-0.05, 0) is 37.6 Å². The van der Waals surface area contributed by atoms with Gasteiger partial charge < -0.3 is 5.32 Å². The summed E-state index contributed by atoms with van der Waals surface area (Å²) in [6, 6.07) is 8.86. The van der Waals surface area contributed by atoms with E-state index in [0.29, 0.717) is 6.04 Å². The third-order valence-electron chi connectivity index (χ3n) is 2.28. The van der Waals surface area contributed by atoms with Crippen molar-refractivity contribution >= 4 is 15.9 Å². The number of nitrogens with one attached hydrogen (secondary N) is 1. The van der Waals surface area contributed by atoms with E-state index in [4.69, 9.17) is 0 Å². The molecule has 0 bridgehead atoms. The van der Waals surface area contributed by atoms with Crippen LogP contribution >= 0.6 is 15.9 Å². The third kappa shape index (κ3) is 4.18. The quantitative estimate of drug-likeness (QED) is 0.794. The van der Waals surface area contributed by atoms with Crippen LogP contribution in [0.3, 0.4) is 0 Å². The number of benzene rings is 1. The summed E-state index contributed by atoms with van der Waals surface area (Å²) in [5.74, 6) is 0. The number of hydrogen-bond donors (Lipinski definition) is 1. The minimum atomic E-state index is 0.389. The van der Waals surface area contributed by atoms with Gasteiger partial charge in [-0.2, -0.15) is 0 Å². The van der Waals surface area contributed by atoms with Gasteiger partial charge in [-0.15, -0.1) is 6.58 Å². The van der Waals surface area contributed by atoms with E-state index in [2.05, 4.69) is 65.9 Å². The molecule has 1 rings (SSSR count). The Hall–Kier alpha value is -0.600. The predicted octanol–water partition coefficient (Wildman–Crippen LogP) is 4.07. The molecule has 0 aromatic heterocycles. The van der Waals surface area contributed by atoms with Crippen molar-refractivity contribution < 1.29 is 0 Å². The SMILES string of the molecule is C=C(C)CC(NCC)c1ccc(Br)cc1. The first-order valence-electron chi connectivity index (χ1n) is 5.26. The molecule has 0 amide bonds. The molecular weight excluding hydrogens is 250 g/mol. The van der Waals surface area contributed by atoms with Crippen LogP contribution in [0.25, 0.3) is 0 Å². The summed E-state index contributed by atoms with van der Waals surface area (Å²) in [7, 11) is 0. The summed E-state index contributed by atoms with van der Waals surface area (Å²) in [6.07, 6.45) is 0.996. The Labute approximate surface area is 101 Å². The van der Waals surface area contributed by atoms with Gasteiger partial charge in [0.2, 0.25) is 0 Å². The molecule has 1 unspecified atom stereocenters. The normalized spacial score (nSPS) is 12.5. The number of halogens is 1. The van der Waals surface area contributed by atoms with Crippen LogP contribution in [-0.2, 0) is 0 Å². The van der Waals surface area contributed by atoms with E-state index < -0.39 is 0 Å². The molecule has 0 heterocycles. The molecule has 1 aromatic rings. The van der Waals surface area contributed by atoms with Crippen molar-refractivity contribution in [2.75, 3.05) is 6.54 Å². The van der Waals surface area contributed by atoms with Crippen LogP contribution in [0.2, 0.25) is 0 Å². The second kappa shape index (κ2) is 6.09. The maximum absolute atomic E-state index is 3.97. The van der Waals surface area contributed by atoms with Gasteiger partial charge in [-0.25, -0.2) is 0 Å². The van der Waals surface area contributed by atoms with Crippen molar-refractivity contribution in [3.8, 4) is 0 Å². The van der Waals surface area contributed by atoms with E-state index in [1.54, 1.807) is 0 Å². The second-order valence-corrected chi connectivity index (χ2v) is 4.74. The van der Waals surface area contributed by atoms with Crippen molar-refractivity contribution in [1.29, 1.82) is 0 Å². The first-order chi connectivity index (χ1) is 7.13. The van der Waals surface area contributed by atoms with Crippen LogP contribution in [0.4, 0.5) is 0 Å². The molecule has 1 N–H and O–H groups in total. The fourth-order valence-electron chi connectivity index (χ4n) is 1.60. The van der Waals surface area contributed by atoms with E-state index in [0.717, 1.165) is 17.4 Å². The van der Waals surface area contributed by atoms with Gasteiger partial charge in [0.1, 0.15) is 0 Å². The molecule has 0 aliphatic carbocycles. The van der Waals surface area contributed by atoms with E-state index in [9.17, 15) is 0 Å². The summed E-state index contributed by atoms with van der Waals surface area (Å²) in [5, 5.41) is 3.47. The highest BCUT2D eigenvalue weighted by Crippen LogP contribution is 2.22. The van der Waals surface area contributed by atoms with Gasteiger partial charge in [0, 0.05) is 10.5 Å². The van der Waals surface area contributed by atoms with E-state index in [-0.39, 0.29) is 0 Å². The van der Waals surface area contributed by atoms with Gasteiger partial charge in [-0.3, -0.25) is 0 Å².